The number of nitrogens with zero attached hydrogens (tertiary/aromatic N) is 2. The van der Waals surface area contributed by atoms with Gasteiger partial charge in [0.1, 0.15) is 0 Å². The average molecular weight is 192 g/mol. The number of hydrogen-bond donors (Lipinski definition) is 2. The highest BCUT2D eigenvalue weighted by molar-refractivity contribution is 6.40. The van der Waals surface area contributed by atoms with E-state index >= 15 is 0 Å². The molecule has 2 N–H and O–H groups in total. The summed E-state index contributed by atoms with van der Waals surface area (Å²) in [6.45, 7) is 0. The highest BCUT2D eigenvalue weighted by atomic mass is 16.4. The van der Waals surface area contributed by atoms with Crippen molar-refractivity contribution in [3.05, 3.63) is 36.2 Å². The largest absolute Gasteiger partial charge is 0.476 e. The van der Waals surface area contributed by atoms with Gasteiger partial charge in [-0.2, -0.15) is 0 Å². The molecular weight excluding hydrogens is 184 g/mol. The highest BCUT2D eigenvalue weighted by Gasteiger charge is 2.04. The third kappa shape index (κ3) is 2.71. The Morgan fingerprint density at radius 2 is 2.29 bits per heavy atom. The summed E-state index contributed by atoms with van der Waals surface area (Å²) in [7, 11) is 0. The van der Waals surface area contributed by atoms with E-state index in [9.17, 15) is 4.79 Å². The summed E-state index contributed by atoms with van der Waals surface area (Å²) < 4.78 is 0. The minimum absolute atomic E-state index is 0.435. The molecule has 0 fully saturated rings. The molecule has 0 saturated heterocycles. The van der Waals surface area contributed by atoms with Crippen LogP contribution in [-0.2, 0) is 4.79 Å². The summed E-state index contributed by atoms with van der Waals surface area (Å²) in [5.41, 5.74) is 0.158. The van der Waals surface area contributed by atoms with Gasteiger partial charge in [-0.15, -0.1) is 0 Å². The third-order valence-corrected chi connectivity index (χ3v) is 1.43. The van der Waals surface area contributed by atoms with Crippen LogP contribution in [0, 0.1) is 0 Å². The zero-order valence-corrected chi connectivity index (χ0v) is 7.16. The minimum Gasteiger partial charge on any atom is -0.476 e. The first-order valence-electron chi connectivity index (χ1n) is 3.78. The molecule has 0 saturated carbocycles. The van der Waals surface area contributed by atoms with E-state index in [0.29, 0.717) is 5.69 Å². The van der Waals surface area contributed by atoms with Crippen molar-refractivity contribution in [1.82, 2.24) is 4.98 Å². The molecule has 0 spiro atoms. The number of rotatable bonds is 3. The lowest BCUT2D eigenvalue weighted by Gasteiger charge is -1.90. The highest BCUT2D eigenvalue weighted by Crippen LogP contribution is 1.96. The van der Waals surface area contributed by atoms with Gasteiger partial charge >= 0.3 is 5.97 Å². The molecular formula is C9H8N2O3. The first-order valence-corrected chi connectivity index (χ1v) is 3.78. The van der Waals surface area contributed by atoms with E-state index in [2.05, 4.69) is 10.1 Å². The second-order valence-corrected chi connectivity index (χ2v) is 2.38. The van der Waals surface area contributed by atoms with Crippen LogP contribution in [0.2, 0.25) is 0 Å². The predicted molar refractivity (Wildman–Crippen MR) is 50.1 cm³/mol. The topological polar surface area (TPSA) is 82.8 Å². The Morgan fingerprint density at radius 3 is 2.79 bits per heavy atom. The lowest BCUT2D eigenvalue weighted by Crippen LogP contribution is -2.09. The number of aromatic nitrogens is 1. The Labute approximate surface area is 80.0 Å². The van der Waals surface area contributed by atoms with Gasteiger partial charge in [0.05, 0.1) is 5.69 Å². The van der Waals surface area contributed by atoms with Crippen molar-refractivity contribution in [2.24, 2.45) is 5.16 Å². The number of oxime groups is 1. The van der Waals surface area contributed by atoms with E-state index in [4.69, 9.17) is 10.3 Å². The molecule has 72 valence electrons. The predicted octanol–water partition coefficient (Wildman–Crippen LogP) is 1.01. The molecule has 14 heavy (non-hydrogen) atoms. The number of carboxylic acids is 1. The summed E-state index contributed by atoms with van der Waals surface area (Å²) in [6.07, 6.45) is 4.20. The minimum atomic E-state index is -1.29. The second-order valence-electron chi connectivity index (χ2n) is 2.38. The fourth-order valence-corrected chi connectivity index (χ4v) is 0.786. The van der Waals surface area contributed by atoms with Gasteiger partial charge in [0.15, 0.2) is 5.71 Å². The van der Waals surface area contributed by atoms with Crippen LogP contribution in [0.5, 0.6) is 0 Å². The number of pyridine rings is 1. The van der Waals surface area contributed by atoms with Crippen LogP contribution in [-0.4, -0.2) is 27.0 Å². The van der Waals surface area contributed by atoms with Crippen LogP contribution in [0.1, 0.15) is 5.69 Å². The molecule has 0 bridgehead atoms. The molecule has 1 heterocycles. The van der Waals surface area contributed by atoms with Gasteiger partial charge < -0.3 is 10.3 Å². The maximum absolute atomic E-state index is 10.4. The molecule has 0 aromatic carbocycles. The number of aliphatic carboxylic acids is 1. The first-order chi connectivity index (χ1) is 6.74. The maximum Gasteiger partial charge on any atom is 0.357 e. The average Bonchev–Trinajstić information content (AvgIpc) is 2.20. The second kappa shape index (κ2) is 4.76. The van der Waals surface area contributed by atoms with E-state index in [1.165, 1.54) is 12.2 Å². The van der Waals surface area contributed by atoms with E-state index in [-0.39, 0.29) is 0 Å². The lowest BCUT2D eigenvalue weighted by atomic mass is 10.3. The molecule has 5 heteroatoms. The normalized spacial score (nSPS) is 11.9. The Balaban J connectivity index is 2.78. The zero-order valence-electron chi connectivity index (χ0n) is 7.16. The smallest absolute Gasteiger partial charge is 0.357 e. The molecule has 5 nitrogen and oxygen atoms in total. The molecule has 0 aliphatic rings. The molecule has 0 unspecified atom stereocenters. The molecule has 0 aliphatic heterocycles. The van der Waals surface area contributed by atoms with E-state index in [1.54, 1.807) is 24.4 Å². The van der Waals surface area contributed by atoms with E-state index in [1.807, 2.05) is 0 Å². The summed E-state index contributed by atoms with van der Waals surface area (Å²) in [6, 6.07) is 5.21. The Morgan fingerprint density at radius 1 is 1.50 bits per heavy atom. The quantitative estimate of drug-likeness (QED) is 0.425. The maximum atomic E-state index is 10.4. The van der Waals surface area contributed by atoms with Crippen molar-refractivity contribution >= 4 is 17.8 Å². The number of hydrogen-bond acceptors (Lipinski definition) is 4. The Kier molecular flexibility index (Phi) is 3.37. The molecule has 0 aliphatic carbocycles. The van der Waals surface area contributed by atoms with Gasteiger partial charge in [0, 0.05) is 6.20 Å². The van der Waals surface area contributed by atoms with Gasteiger partial charge in [-0.1, -0.05) is 11.2 Å². The van der Waals surface area contributed by atoms with Gasteiger partial charge in [-0.3, -0.25) is 4.98 Å². The standard InChI is InChI=1S/C9H8N2O3/c12-9(13)8(11-14)5-4-7-3-1-2-6-10-7/h1-6,14H,(H,12,13)/b5-4+,11-8-. The van der Waals surface area contributed by atoms with Crippen molar-refractivity contribution in [3.63, 3.8) is 0 Å². The zero-order chi connectivity index (χ0) is 10.4. The summed E-state index contributed by atoms with van der Waals surface area (Å²) in [5, 5.41) is 19.4. The molecule has 1 aromatic heterocycles. The number of carboxylic acid groups (broad SMARTS) is 1. The fourth-order valence-electron chi connectivity index (χ4n) is 0.786. The van der Waals surface area contributed by atoms with Crippen molar-refractivity contribution in [2.75, 3.05) is 0 Å². The molecule has 1 aromatic rings. The number of carbonyl (C=O) groups is 1. The van der Waals surface area contributed by atoms with Crippen LogP contribution < -0.4 is 0 Å². The van der Waals surface area contributed by atoms with Crippen molar-refractivity contribution in [2.45, 2.75) is 0 Å². The summed E-state index contributed by atoms with van der Waals surface area (Å²) in [5.74, 6) is -1.29. The molecule has 0 atom stereocenters. The Hall–Kier alpha value is -2.17. The van der Waals surface area contributed by atoms with Crippen molar-refractivity contribution in [1.29, 1.82) is 0 Å². The molecule has 0 amide bonds. The molecule has 1 rings (SSSR count). The third-order valence-electron chi connectivity index (χ3n) is 1.43. The summed E-state index contributed by atoms with van der Waals surface area (Å²) >= 11 is 0. The van der Waals surface area contributed by atoms with Gasteiger partial charge in [-0.05, 0) is 24.3 Å². The monoisotopic (exact) mass is 192 g/mol. The first kappa shape index (κ1) is 9.91. The Bertz CT molecular complexity index is 371. The molecule has 0 radical (unpaired) electrons. The fraction of sp³-hybridized carbons (Fsp3) is 0. The van der Waals surface area contributed by atoms with Crippen LogP contribution in [0.4, 0.5) is 0 Å². The SMILES string of the molecule is O=C(O)C(/C=C/c1ccccn1)=N\O. The lowest BCUT2D eigenvalue weighted by molar-refractivity contribution is -0.129. The van der Waals surface area contributed by atoms with Crippen LogP contribution in [0.25, 0.3) is 6.08 Å². The van der Waals surface area contributed by atoms with Crippen LogP contribution in [0.3, 0.4) is 0 Å². The van der Waals surface area contributed by atoms with Gasteiger partial charge in [0.2, 0.25) is 0 Å². The van der Waals surface area contributed by atoms with Crippen molar-refractivity contribution < 1.29 is 15.1 Å². The van der Waals surface area contributed by atoms with E-state index in [0.717, 1.165) is 0 Å². The van der Waals surface area contributed by atoms with Crippen molar-refractivity contribution in [3.8, 4) is 0 Å². The van der Waals surface area contributed by atoms with E-state index < -0.39 is 11.7 Å². The van der Waals surface area contributed by atoms with Gasteiger partial charge in [0.25, 0.3) is 0 Å². The summed E-state index contributed by atoms with van der Waals surface area (Å²) in [4.78, 5) is 14.3. The van der Waals surface area contributed by atoms with Crippen LogP contribution >= 0.6 is 0 Å². The van der Waals surface area contributed by atoms with Crippen LogP contribution in [0.15, 0.2) is 35.6 Å². The van der Waals surface area contributed by atoms with Gasteiger partial charge in [-0.25, -0.2) is 4.79 Å².